The van der Waals surface area contributed by atoms with Gasteiger partial charge in [-0.15, -0.1) is 5.06 Å². The first-order valence-corrected chi connectivity index (χ1v) is 13.3. The van der Waals surface area contributed by atoms with E-state index in [1.54, 1.807) is 0 Å². The number of carbonyl (C=O) groups is 6. The van der Waals surface area contributed by atoms with E-state index in [2.05, 4.69) is 10.2 Å². The molecule has 1 saturated heterocycles. The maximum absolute atomic E-state index is 12.4. The minimum absolute atomic E-state index is 0. The van der Waals surface area contributed by atoms with E-state index in [0.29, 0.717) is 45.2 Å². The van der Waals surface area contributed by atoms with Crippen LogP contribution in [0.4, 0.5) is 0 Å². The van der Waals surface area contributed by atoms with E-state index in [1.807, 2.05) is 0 Å². The number of amides is 5. The van der Waals surface area contributed by atoms with Crippen molar-refractivity contribution in [2.24, 2.45) is 11.8 Å². The van der Waals surface area contributed by atoms with Crippen molar-refractivity contribution in [2.45, 2.75) is 63.0 Å². The molecular weight excluding hydrogens is 521 g/mol. The van der Waals surface area contributed by atoms with E-state index in [-0.39, 0.29) is 70.6 Å². The van der Waals surface area contributed by atoms with Gasteiger partial charge < -0.3 is 14.7 Å². The minimum atomic E-state index is -5.02. The van der Waals surface area contributed by atoms with Crippen LogP contribution in [-0.2, 0) is 43.7 Å². The van der Waals surface area contributed by atoms with Crippen LogP contribution in [0, 0.1) is 11.8 Å². The van der Waals surface area contributed by atoms with Crippen LogP contribution in [-0.4, -0.2) is 76.8 Å². The van der Waals surface area contributed by atoms with Crippen molar-refractivity contribution in [1.29, 1.82) is 0 Å². The molecule has 3 aliphatic rings. The topological polar surface area (TPSA) is 187 Å². The van der Waals surface area contributed by atoms with Crippen LogP contribution < -0.4 is 34.9 Å². The minimum Gasteiger partial charge on any atom is -0.747 e. The summed E-state index contributed by atoms with van der Waals surface area (Å²) in [5.41, 5.74) is 0. The summed E-state index contributed by atoms with van der Waals surface area (Å²) in [6, 6.07) is 0. The molecule has 37 heavy (non-hydrogen) atoms. The number of hydroxylamine groups is 2. The summed E-state index contributed by atoms with van der Waals surface area (Å²) in [5, 5.41) is 0.824. The summed E-state index contributed by atoms with van der Waals surface area (Å²) in [4.78, 5) is 76.9. The van der Waals surface area contributed by atoms with Gasteiger partial charge in [-0.1, -0.05) is 6.42 Å². The number of nitrogens with one attached hydrogen (secondary N) is 1. The number of hydrogen-bond donors (Lipinski definition) is 1. The van der Waals surface area contributed by atoms with Crippen molar-refractivity contribution in [3.8, 4) is 0 Å². The van der Waals surface area contributed by atoms with Crippen molar-refractivity contribution < 1.29 is 76.1 Å². The number of hydrogen-bond acceptors (Lipinski definition) is 10. The van der Waals surface area contributed by atoms with Crippen molar-refractivity contribution in [2.75, 3.05) is 13.1 Å². The van der Waals surface area contributed by atoms with Gasteiger partial charge in [0.05, 0.1) is 6.42 Å². The SMILES string of the molecule is O=C(CCCCCNC(=O)C1CCC(CN2C(=O)C=CC2=O)CC1)ON1C(=O)CC(S(=O)(=O)[O-])C1=O.[Na+]. The van der Waals surface area contributed by atoms with Crippen LogP contribution in [0.1, 0.15) is 57.8 Å². The van der Waals surface area contributed by atoms with Crippen molar-refractivity contribution >= 4 is 45.6 Å². The van der Waals surface area contributed by atoms with E-state index in [1.165, 1.54) is 17.1 Å². The summed E-state index contributed by atoms with van der Waals surface area (Å²) in [6.45, 7) is 0.780. The van der Waals surface area contributed by atoms with Gasteiger partial charge in [-0.05, 0) is 44.4 Å². The molecular formula is C22H28N3NaO10S. The molecule has 0 aromatic rings. The third-order valence-electron chi connectivity index (χ3n) is 6.52. The van der Waals surface area contributed by atoms with Crippen molar-refractivity contribution in [3.05, 3.63) is 12.2 Å². The molecule has 2 heterocycles. The molecule has 0 bridgehead atoms. The quantitative estimate of drug-likeness (QED) is 0.117. The van der Waals surface area contributed by atoms with Gasteiger partial charge >= 0.3 is 35.5 Å². The second kappa shape index (κ2) is 13.6. The molecule has 1 atom stereocenters. The second-order valence-corrected chi connectivity index (χ2v) is 10.7. The summed E-state index contributed by atoms with van der Waals surface area (Å²) >= 11 is 0. The van der Waals surface area contributed by atoms with Gasteiger partial charge in [-0.2, -0.15) is 0 Å². The summed E-state index contributed by atoms with van der Waals surface area (Å²) in [6.07, 6.45) is 5.87. The van der Waals surface area contributed by atoms with Gasteiger partial charge in [-0.3, -0.25) is 28.9 Å². The Balaban J connectivity index is 0.00000481. The van der Waals surface area contributed by atoms with E-state index >= 15 is 0 Å². The largest absolute Gasteiger partial charge is 1.00 e. The van der Waals surface area contributed by atoms with Gasteiger partial charge in [0, 0.05) is 37.6 Å². The Hall–Kier alpha value is -2.13. The van der Waals surface area contributed by atoms with Gasteiger partial charge in [0.25, 0.3) is 23.6 Å². The number of unbranched alkanes of at least 4 members (excludes halogenated alkanes) is 2. The molecule has 198 valence electrons. The van der Waals surface area contributed by atoms with E-state index < -0.39 is 39.6 Å². The van der Waals surface area contributed by atoms with E-state index in [9.17, 15) is 41.7 Å². The van der Waals surface area contributed by atoms with Crippen molar-refractivity contribution in [3.63, 3.8) is 0 Å². The zero-order chi connectivity index (χ0) is 26.5. The number of nitrogens with zero attached hydrogens (tertiary/aromatic N) is 2. The molecule has 0 radical (unpaired) electrons. The van der Waals surface area contributed by atoms with Gasteiger partial charge in [0.15, 0.2) is 0 Å². The van der Waals surface area contributed by atoms with Crippen molar-refractivity contribution in [1.82, 2.24) is 15.3 Å². The van der Waals surface area contributed by atoms with Crippen LogP contribution in [0.2, 0.25) is 0 Å². The molecule has 5 amide bonds. The maximum atomic E-state index is 12.4. The molecule has 0 spiro atoms. The summed E-state index contributed by atoms with van der Waals surface area (Å²) in [7, 11) is -5.02. The van der Waals surface area contributed by atoms with Crippen LogP contribution >= 0.6 is 0 Å². The molecule has 3 rings (SSSR count). The Morgan fingerprint density at radius 2 is 1.62 bits per heavy atom. The fourth-order valence-corrected chi connectivity index (χ4v) is 5.14. The number of carbonyl (C=O) groups excluding carboxylic acids is 6. The molecule has 1 N–H and O–H groups in total. The molecule has 15 heteroatoms. The van der Waals surface area contributed by atoms with Crippen LogP contribution in [0.3, 0.4) is 0 Å². The first kappa shape index (κ1) is 31.1. The molecule has 13 nitrogen and oxygen atoms in total. The predicted octanol–water partition coefficient (Wildman–Crippen LogP) is -3.47. The smallest absolute Gasteiger partial charge is 0.747 e. The van der Waals surface area contributed by atoms with Crippen LogP contribution in [0.5, 0.6) is 0 Å². The fraction of sp³-hybridized carbons (Fsp3) is 0.636. The Morgan fingerprint density at radius 1 is 1.00 bits per heavy atom. The zero-order valence-electron chi connectivity index (χ0n) is 20.6. The molecule has 1 unspecified atom stereocenters. The van der Waals surface area contributed by atoms with Crippen LogP contribution in [0.15, 0.2) is 12.2 Å². The second-order valence-electron chi connectivity index (χ2n) is 9.11. The third-order valence-corrected chi connectivity index (χ3v) is 7.58. The predicted molar refractivity (Wildman–Crippen MR) is 119 cm³/mol. The monoisotopic (exact) mass is 549 g/mol. The number of imide groups is 2. The first-order chi connectivity index (χ1) is 17.0. The third kappa shape index (κ3) is 8.43. The molecule has 0 aromatic carbocycles. The Bertz CT molecular complexity index is 1050. The average Bonchev–Trinajstić information content (AvgIpc) is 3.29. The normalized spacial score (nSPS) is 23.9. The van der Waals surface area contributed by atoms with Gasteiger partial charge in [-0.25, -0.2) is 13.2 Å². The molecule has 2 aliphatic heterocycles. The fourth-order valence-electron chi connectivity index (χ4n) is 4.45. The standard InChI is InChI=1S/C22H29N3O10S.Na/c26-17-9-10-18(27)24(17)13-14-5-7-15(8-6-14)21(30)23-11-3-1-2-4-20(29)35-25-19(28)12-16(22(25)31)36(32,33)34;/h9-10,14-16H,1-8,11-13H2,(H,23,30)(H,32,33,34);/q;+1/p-1. The Labute approximate surface area is 236 Å². The summed E-state index contributed by atoms with van der Waals surface area (Å²) in [5.74, 6) is -3.94. The molecule has 2 fully saturated rings. The molecule has 0 aromatic heterocycles. The number of rotatable bonds is 11. The average molecular weight is 550 g/mol. The summed E-state index contributed by atoms with van der Waals surface area (Å²) < 4.78 is 33.0. The van der Waals surface area contributed by atoms with E-state index in [4.69, 9.17) is 0 Å². The van der Waals surface area contributed by atoms with Gasteiger partial charge in [0.1, 0.15) is 15.4 Å². The first-order valence-electron chi connectivity index (χ1n) is 11.8. The molecule has 1 saturated carbocycles. The van der Waals surface area contributed by atoms with Crippen LogP contribution in [0.25, 0.3) is 0 Å². The van der Waals surface area contributed by atoms with E-state index in [0.717, 1.165) is 12.8 Å². The Kier molecular flexibility index (Phi) is 11.4. The zero-order valence-corrected chi connectivity index (χ0v) is 23.4. The van der Waals surface area contributed by atoms with Gasteiger partial charge in [0.2, 0.25) is 5.91 Å². The molecule has 1 aliphatic carbocycles. The Morgan fingerprint density at radius 3 is 2.19 bits per heavy atom. The maximum Gasteiger partial charge on any atom is 1.00 e.